The molecular weight excluding hydrogens is 304 g/mol. The van der Waals surface area contributed by atoms with Gasteiger partial charge in [0, 0.05) is 19.6 Å². The molecule has 1 unspecified atom stereocenters. The first-order valence-corrected chi connectivity index (χ1v) is 8.59. The second-order valence-corrected chi connectivity index (χ2v) is 6.37. The molecule has 134 valence electrons. The van der Waals surface area contributed by atoms with E-state index in [9.17, 15) is 0 Å². The molecule has 3 N–H and O–H groups in total. The highest BCUT2D eigenvalue weighted by molar-refractivity contribution is 5.77. The third kappa shape index (κ3) is 5.60. The maximum absolute atomic E-state index is 5.96. The molecule has 6 nitrogen and oxygen atoms in total. The Bertz CT molecular complexity index is 548. The van der Waals surface area contributed by atoms with E-state index in [-0.39, 0.29) is 0 Å². The number of aliphatic imine (C=N–C) groups is 1. The van der Waals surface area contributed by atoms with Crippen LogP contribution in [-0.4, -0.2) is 51.3 Å². The Labute approximate surface area is 145 Å². The SMILES string of the molecule is COc1ccc(CN=C(N)NCCN2CCCC(C)C2)cc1OC. The van der Waals surface area contributed by atoms with E-state index in [1.165, 1.54) is 25.9 Å². The second-order valence-electron chi connectivity index (χ2n) is 6.37. The van der Waals surface area contributed by atoms with Crippen LogP contribution in [0.4, 0.5) is 0 Å². The summed E-state index contributed by atoms with van der Waals surface area (Å²) in [6, 6.07) is 5.77. The molecule has 1 aliphatic heterocycles. The van der Waals surface area contributed by atoms with Crippen LogP contribution in [0, 0.1) is 5.92 Å². The summed E-state index contributed by atoms with van der Waals surface area (Å²) in [6.45, 7) is 7.04. The standard InChI is InChI=1S/C18H30N4O2/c1-14-5-4-9-22(13-14)10-8-20-18(19)21-12-15-6-7-16(23-2)17(11-15)24-3/h6-7,11,14H,4-5,8-10,12-13H2,1-3H3,(H3,19,20,21). The van der Waals surface area contributed by atoms with Crippen LogP contribution in [0.1, 0.15) is 25.3 Å². The Morgan fingerprint density at radius 2 is 2.12 bits per heavy atom. The Hall–Kier alpha value is -1.95. The number of nitrogens with one attached hydrogen (secondary N) is 1. The van der Waals surface area contributed by atoms with Gasteiger partial charge in [-0.25, -0.2) is 4.99 Å². The zero-order valence-corrected chi connectivity index (χ0v) is 15.0. The van der Waals surface area contributed by atoms with Gasteiger partial charge >= 0.3 is 0 Å². The van der Waals surface area contributed by atoms with Crippen molar-refractivity contribution in [3.05, 3.63) is 23.8 Å². The lowest BCUT2D eigenvalue weighted by Gasteiger charge is -2.30. The molecule has 0 spiro atoms. The Morgan fingerprint density at radius 1 is 1.33 bits per heavy atom. The van der Waals surface area contributed by atoms with E-state index in [1.54, 1.807) is 14.2 Å². The number of nitrogens with zero attached hydrogens (tertiary/aromatic N) is 2. The van der Waals surface area contributed by atoms with Gasteiger partial charge < -0.3 is 25.4 Å². The number of ether oxygens (including phenoxy) is 2. The van der Waals surface area contributed by atoms with E-state index < -0.39 is 0 Å². The minimum absolute atomic E-state index is 0.481. The van der Waals surface area contributed by atoms with E-state index in [2.05, 4.69) is 22.1 Å². The van der Waals surface area contributed by atoms with Crippen LogP contribution in [0.2, 0.25) is 0 Å². The highest BCUT2D eigenvalue weighted by Gasteiger charge is 2.15. The number of rotatable bonds is 7. The van der Waals surface area contributed by atoms with Crippen LogP contribution >= 0.6 is 0 Å². The number of hydrogen-bond acceptors (Lipinski definition) is 4. The van der Waals surface area contributed by atoms with Gasteiger partial charge in [0.25, 0.3) is 0 Å². The number of piperidine rings is 1. The Morgan fingerprint density at radius 3 is 2.83 bits per heavy atom. The van der Waals surface area contributed by atoms with E-state index in [0.29, 0.717) is 24.0 Å². The van der Waals surface area contributed by atoms with Gasteiger partial charge in [-0.2, -0.15) is 0 Å². The predicted molar refractivity (Wildman–Crippen MR) is 97.7 cm³/mol. The fraction of sp³-hybridized carbons (Fsp3) is 0.611. The van der Waals surface area contributed by atoms with Crippen molar-refractivity contribution in [1.82, 2.24) is 10.2 Å². The summed E-state index contributed by atoms with van der Waals surface area (Å²) in [5.74, 6) is 2.70. The second kappa shape index (κ2) is 9.37. The maximum atomic E-state index is 5.96. The molecule has 1 heterocycles. The average Bonchev–Trinajstić information content (AvgIpc) is 2.59. The van der Waals surface area contributed by atoms with Gasteiger partial charge in [-0.15, -0.1) is 0 Å². The van der Waals surface area contributed by atoms with Gasteiger partial charge in [-0.05, 0) is 43.0 Å². The van der Waals surface area contributed by atoms with Crippen LogP contribution in [0.3, 0.4) is 0 Å². The molecule has 1 aliphatic rings. The van der Waals surface area contributed by atoms with Crippen molar-refractivity contribution in [2.75, 3.05) is 40.4 Å². The van der Waals surface area contributed by atoms with Crippen molar-refractivity contribution in [1.29, 1.82) is 0 Å². The quantitative estimate of drug-likeness (QED) is 0.588. The number of likely N-dealkylation sites (tertiary alicyclic amines) is 1. The van der Waals surface area contributed by atoms with Crippen molar-refractivity contribution in [3.8, 4) is 11.5 Å². The van der Waals surface area contributed by atoms with Crippen LogP contribution in [-0.2, 0) is 6.54 Å². The molecule has 0 bridgehead atoms. The molecule has 1 aromatic rings. The molecule has 1 saturated heterocycles. The first-order chi connectivity index (χ1) is 11.6. The summed E-state index contributed by atoms with van der Waals surface area (Å²) in [5, 5.41) is 3.20. The largest absolute Gasteiger partial charge is 0.493 e. The van der Waals surface area contributed by atoms with E-state index in [4.69, 9.17) is 15.2 Å². The molecule has 0 radical (unpaired) electrons. The zero-order chi connectivity index (χ0) is 17.4. The molecule has 0 aliphatic carbocycles. The number of benzene rings is 1. The zero-order valence-electron chi connectivity index (χ0n) is 15.0. The van der Waals surface area contributed by atoms with Crippen molar-refractivity contribution >= 4 is 5.96 Å². The lowest BCUT2D eigenvalue weighted by atomic mass is 10.0. The number of guanidine groups is 1. The molecule has 1 fully saturated rings. The topological polar surface area (TPSA) is 72.1 Å². The fourth-order valence-corrected chi connectivity index (χ4v) is 3.04. The van der Waals surface area contributed by atoms with Gasteiger partial charge in [0.05, 0.1) is 20.8 Å². The van der Waals surface area contributed by atoms with Crippen LogP contribution in [0.25, 0.3) is 0 Å². The monoisotopic (exact) mass is 334 g/mol. The average molecular weight is 334 g/mol. The molecule has 0 aromatic heterocycles. The highest BCUT2D eigenvalue weighted by atomic mass is 16.5. The molecule has 2 rings (SSSR count). The minimum atomic E-state index is 0.481. The van der Waals surface area contributed by atoms with Crippen LogP contribution in [0.5, 0.6) is 11.5 Å². The van der Waals surface area contributed by atoms with E-state index >= 15 is 0 Å². The summed E-state index contributed by atoms with van der Waals surface area (Å²) >= 11 is 0. The predicted octanol–water partition coefficient (Wildman–Crippen LogP) is 1.84. The molecule has 1 atom stereocenters. The smallest absolute Gasteiger partial charge is 0.188 e. The van der Waals surface area contributed by atoms with Crippen LogP contribution in [0.15, 0.2) is 23.2 Å². The highest BCUT2D eigenvalue weighted by Crippen LogP contribution is 2.27. The van der Waals surface area contributed by atoms with Gasteiger partial charge in [0.2, 0.25) is 0 Å². The molecule has 6 heteroatoms. The maximum Gasteiger partial charge on any atom is 0.188 e. The van der Waals surface area contributed by atoms with E-state index in [0.717, 1.165) is 24.6 Å². The van der Waals surface area contributed by atoms with Gasteiger partial charge in [0.1, 0.15) is 0 Å². The molecular formula is C18H30N4O2. The minimum Gasteiger partial charge on any atom is -0.493 e. The Balaban J connectivity index is 1.77. The Kier molecular flexibility index (Phi) is 7.18. The number of hydrogen-bond donors (Lipinski definition) is 2. The third-order valence-electron chi connectivity index (χ3n) is 4.36. The van der Waals surface area contributed by atoms with Crippen molar-refractivity contribution < 1.29 is 9.47 Å². The fourth-order valence-electron chi connectivity index (χ4n) is 3.04. The summed E-state index contributed by atoms with van der Waals surface area (Å²) in [4.78, 5) is 6.88. The summed E-state index contributed by atoms with van der Waals surface area (Å²) in [6.07, 6.45) is 2.64. The van der Waals surface area contributed by atoms with Crippen molar-refractivity contribution in [3.63, 3.8) is 0 Å². The molecule has 0 amide bonds. The molecule has 1 aromatic carbocycles. The van der Waals surface area contributed by atoms with E-state index in [1.807, 2.05) is 18.2 Å². The number of methoxy groups -OCH3 is 2. The normalized spacial score (nSPS) is 19.1. The van der Waals surface area contributed by atoms with Crippen molar-refractivity contribution in [2.45, 2.75) is 26.3 Å². The van der Waals surface area contributed by atoms with Gasteiger partial charge in [-0.1, -0.05) is 13.0 Å². The molecule has 24 heavy (non-hydrogen) atoms. The van der Waals surface area contributed by atoms with Gasteiger partial charge in [0.15, 0.2) is 17.5 Å². The summed E-state index contributed by atoms with van der Waals surface area (Å²) in [5.41, 5.74) is 6.99. The van der Waals surface area contributed by atoms with Crippen molar-refractivity contribution in [2.24, 2.45) is 16.6 Å². The first-order valence-electron chi connectivity index (χ1n) is 8.59. The third-order valence-corrected chi connectivity index (χ3v) is 4.36. The molecule has 0 saturated carbocycles. The number of nitrogens with two attached hydrogens (primary N) is 1. The van der Waals surface area contributed by atoms with Crippen LogP contribution < -0.4 is 20.5 Å². The first kappa shape index (κ1) is 18.4. The lowest BCUT2D eigenvalue weighted by molar-refractivity contribution is 0.187. The van der Waals surface area contributed by atoms with Gasteiger partial charge in [-0.3, -0.25) is 0 Å². The lowest BCUT2D eigenvalue weighted by Crippen LogP contribution is -2.42. The summed E-state index contributed by atoms with van der Waals surface area (Å²) < 4.78 is 10.5. The summed E-state index contributed by atoms with van der Waals surface area (Å²) in [7, 11) is 3.25.